The van der Waals surface area contributed by atoms with Crippen LogP contribution in [0.3, 0.4) is 0 Å². The van der Waals surface area contributed by atoms with Gasteiger partial charge in [-0.3, -0.25) is 0 Å². The lowest BCUT2D eigenvalue weighted by Crippen LogP contribution is -2.38. The summed E-state index contributed by atoms with van der Waals surface area (Å²) in [6.07, 6.45) is -0.0189. The number of hydrogen-bond donors (Lipinski definition) is 3. The van der Waals surface area contributed by atoms with Crippen LogP contribution >= 0.6 is 11.3 Å². The molecule has 0 aromatic carbocycles. The Morgan fingerprint density at radius 2 is 2.20 bits per heavy atom. The molecule has 1 aromatic heterocycles. The van der Waals surface area contributed by atoms with Crippen LogP contribution in [0.4, 0.5) is 0 Å². The average Bonchev–Trinajstić information content (AvgIpc) is 2.70. The average molecular weight is 229 g/mol. The molecule has 3 atom stereocenters. The second-order valence-electron chi connectivity index (χ2n) is 3.73. The quantitative estimate of drug-likeness (QED) is 0.693. The lowest BCUT2D eigenvalue weighted by atomic mass is 10.1. The summed E-state index contributed by atoms with van der Waals surface area (Å²) < 4.78 is 0. The van der Waals surface area contributed by atoms with Crippen molar-refractivity contribution in [2.24, 2.45) is 0 Å². The molecule has 0 aliphatic rings. The van der Waals surface area contributed by atoms with Gasteiger partial charge >= 0.3 is 0 Å². The van der Waals surface area contributed by atoms with Gasteiger partial charge in [0.2, 0.25) is 0 Å². The third kappa shape index (κ3) is 3.91. The molecule has 1 heterocycles. The molecule has 0 aliphatic carbocycles. The van der Waals surface area contributed by atoms with Gasteiger partial charge in [0, 0.05) is 17.5 Å². The number of thiophene rings is 1. The summed E-state index contributed by atoms with van der Waals surface area (Å²) >= 11 is 1.56. The van der Waals surface area contributed by atoms with E-state index in [1.807, 2.05) is 24.4 Å². The molecule has 0 saturated carbocycles. The summed E-state index contributed by atoms with van der Waals surface area (Å²) in [4.78, 5) is 0.972. The summed E-state index contributed by atoms with van der Waals surface area (Å²) in [5.41, 5.74) is 0. The Balaban J connectivity index is 2.51. The van der Waals surface area contributed by atoms with Gasteiger partial charge in [-0.15, -0.1) is 11.3 Å². The standard InChI is InChI=1S/C11H19NO2S/c1-3-9(12-7-8(2)13)11(14)10-5-4-6-15-10/h4-6,8-9,11-14H,3,7H2,1-2H3. The molecule has 1 aromatic rings. The van der Waals surface area contributed by atoms with Crippen LogP contribution < -0.4 is 5.32 Å². The molecule has 1 rings (SSSR count). The molecule has 15 heavy (non-hydrogen) atoms. The van der Waals surface area contributed by atoms with E-state index >= 15 is 0 Å². The zero-order valence-electron chi connectivity index (χ0n) is 9.18. The normalized spacial score (nSPS) is 17.3. The fourth-order valence-corrected chi connectivity index (χ4v) is 2.23. The fourth-order valence-electron chi connectivity index (χ4n) is 1.46. The molecule has 0 radical (unpaired) electrons. The first-order valence-corrected chi connectivity index (χ1v) is 6.16. The highest BCUT2D eigenvalue weighted by molar-refractivity contribution is 7.10. The maximum Gasteiger partial charge on any atom is 0.103 e. The van der Waals surface area contributed by atoms with Crippen molar-refractivity contribution in [2.45, 2.75) is 38.5 Å². The van der Waals surface area contributed by atoms with E-state index in [1.54, 1.807) is 18.3 Å². The Morgan fingerprint density at radius 1 is 1.47 bits per heavy atom. The van der Waals surface area contributed by atoms with Crippen molar-refractivity contribution in [3.8, 4) is 0 Å². The molecule has 3 nitrogen and oxygen atoms in total. The van der Waals surface area contributed by atoms with Crippen LogP contribution in [0.5, 0.6) is 0 Å². The first-order valence-electron chi connectivity index (χ1n) is 5.28. The van der Waals surface area contributed by atoms with Crippen LogP contribution in [-0.2, 0) is 0 Å². The lowest BCUT2D eigenvalue weighted by molar-refractivity contribution is 0.114. The Hall–Kier alpha value is -0.420. The van der Waals surface area contributed by atoms with Gasteiger partial charge in [0.25, 0.3) is 0 Å². The topological polar surface area (TPSA) is 52.5 Å². The van der Waals surface area contributed by atoms with Crippen molar-refractivity contribution in [2.75, 3.05) is 6.54 Å². The number of nitrogens with one attached hydrogen (secondary N) is 1. The molecule has 0 bridgehead atoms. The van der Waals surface area contributed by atoms with Crippen molar-refractivity contribution >= 4 is 11.3 Å². The van der Waals surface area contributed by atoms with E-state index in [0.29, 0.717) is 6.54 Å². The number of rotatable bonds is 6. The van der Waals surface area contributed by atoms with E-state index in [9.17, 15) is 5.11 Å². The Bertz CT molecular complexity index is 262. The van der Waals surface area contributed by atoms with Crippen LogP contribution in [0.25, 0.3) is 0 Å². The van der Waals surface area contributed by atoms with E-state index in [1.165, 1.54) is 0 Å². The van der Waals surface area contributed by atoms with Crippen molar-refractivity contribution < 1.29 is 10.2 Å². The molecule has 0 saturated heterocycles. The van der Waals surface area contributed by atoms with E-state index in [-0.39, 0.29) is 12.1 Å². The third-order valence-electron chi connectivity index (χ3n) is 2.33. The summed E-state index contributed by atoms with van der Waals surface area (Å²) in [6, 6.07) is 3.88. The maximum atomic E-state index is 10.0. The summed E-state index contributed by atoms with van der Waals surface area (Å²) in [5, 5.41) is 24.3. The molecule has 3 N–H and O–H groups in total. The van der Waals surface area contributed by atoms with Crippen LogP contribution in [-0.4, -0.2) is 28.9 Å². The van der Waals surface area contributed by atoms with Gasteiger partial charge < -0.3 is 15.5 Å². The maximum absolute atomic E-state index is 10.0. The van der Waals surface area contributed by atoms with E-state index in [0.717, 1.165) is 11.3 Å². The van der Waals surface area contributed by atoms with Crippen molar-refractivity contribution in [3.05, 3.63) is 22.4 Å². The zero-order valence-corrected chi connectivity index (χ0v) is 10.00. The molecular formula is C11H19NO2S. The minimum Gasteiger partial charge on any atom is -0.392 e. The fraction of sp³-hybridized carbons (Fsp3) is 0.636. The van der Waals surface area contributed by atoms with E-state index < -0.39 is 6.10 Å². The molecule has 0 aliphatic heterocycles. The molecule has 86 valence electrons. The predicted molar refractivity (Wildman–Crippen MR) is 63.0 cm³/mol. The molecule has 0 spiro atoms. The third-order valence-corrected chi connectivity index (χ3v) is 3.27. The molecule has 0 amide bonds. The Morgan fingerprint density at radius 3 is 2.67 bits per heavy atom. The first kappa shape index (κ1) is 12.6. The molecule has 3 unspecified atom stereocenters. The minimum atomic E-state index is -0.478. The first-order chi connectivity index (χ1) is 7.15. The number of aliphatic hydroxyl groups excluding tert-OH is 2. The van der Waals surface area contributed by atoms with Gasteiger partial charge in [-0.1, -0.05) is 13.0 Å². The molecule has 4 heteroatoms. The summed E-state index contributed by atoms with van der Waals surface area (Å²) in [7, 11) is 0. The Kier molecular flexibility index (Phi) is 5.25. The smallest absolute Gasteiger partial charge is 0.103 e. The van der Waals surface area contributed by atoms with E-state index in [2.05, 4.69) is 5.32 Å². The largest absolute Gasteiger partial charge is 0.392 e. The second-order valence-corrected chi connectivity index (χ2v) is 4.71. The lowest BCUT2D eigenvalue weighted by Gasteiger charge is -2.22. The Labute approximate surface area is 94.8 Å². The van der Waals surface area contributed by atoms with Crippen LogP contribution in [0.2, 0.25) is 0 Å². The van der Waals surface area contributed by atoms with E-state index in [4.69, 9.17) is 5.11 Å². The number of aliphatic hydroxyl groups is 2. The van der Waals surface area contributed by atoms with Gasteiger partial charge in [-0.25, -0.2) is 0 Å². The van der Waals surface area contributed by atoms with Gasteiger partial charge in [-0.2, -0.15) is 0 Å². The van der Waals surface area contributed by atoms with Crippen LogP contribution in [0.1, 0.15) is 31.2 Å². The summed E-state index contributed by atoms with van der Waals surface area (Å²) in [5.74, 6) is 0. The summed E-state index contributed by atoms with van der Waals surface area (Å²) in [6.45, 7) is 4.27. The van der Waals surface area contributed by atoms with Gasteiger partial charge in [-0.05, 0) is 24.8 Å². The SMILES string of the molecule is CCC(NCC(C)O)C(O)c1cccs1. The minimum absolute atomic E-state index is 0.0123. The second kappa shape index (κ2) is 6.23. The predicted octanol–water partition coefficient (Wildman–Crippen LogP) is 1.53. The monoisotopic (exact) mass is 229 g/mol. The van der Waals surface area contributed by atoms with Gasteiger partial charge in [0.15, 0.2) is 0 Å². The van der Waals surface area contributed by atoms with Crippen molar-refractivity contribution in [1.29, 1.82) is 0 Å². The zero-order chi connectivity index (χ0) is 11.3. The molecule has 0 fully saturated rings. The van der Waals surface area contributed by atoms with Gasteiger partial charge in [0.05, 0.1) is 6.10 Å². The molecular weight excluding hydrogens is 210 g/mol. The highest BCUT2D eigenvalue weighted by Gasteiger charge is 2.19. The van der Waals surface area contributed by atoms with Crippen molar-refractivity contribution in [1.82, 2.24) is 5.32 Å². The van der Waals surface area contributed by atoms with Crippen LogP contribution in [0, 0.1) is 0 Å². The highest BCUT2D eigenvalue weighted by atomic mass is 32.1. The number of hydrogen-bond acceptors (Lipinski definition) is 4. The van der Waals surface area contributed by atoms with Crippen molar-refractivity contribution in [3.63, 3.8) is 0 Å². The van der Waals surface area contributed by atoms with Crippen LogP contribution in [0.15, 0.2) is 17.5 Å². The van der Waals surface area contributed by atoms with Gasteiger partial charge in [0.1, 0.15) is 6.10 Å². The highest BCUT2D eigenvalue weighted by Crippen LogP contribution is 2.23.